The third-order valence-corrected chi connectivity index (χ3v) is 6.31. The molecule has 0 heterocycles. The lowest BCUT2D eigenvalue weighted by Crippen LogP contribution is -2.25. The monoisotopic (exact) mass is 466 g/mol. The maximum atomic E-state index is 4.40. The molecule has 36 heavy (non-hydrogen) atoms. The fourth-order valence-corrected chi connectivity index (χ4v) is 4.21. The minimum Gasteiger partial charge on any atom is -0.151 e. The molecule has 5 aromatic rings. The Morgan fingerprint density at radius 1 is 0.333 bits per heavy atom. The van der Waals surface area contributed by atoms with Gasteiger partial charge in [-0.1, -0.05) is 91.0 Å². The van der Waals surface area contributed by atoms with Crippen LogP contribution in [0.1, 0.15) is 23.6 Å². The van der Waals surface area contributed by atoms with Crippen molar-refractivity contribution in [1.29, 1.82) is 0 Å². The lowest BCUT2D eigenvalue weighted by molar-refractivity contribution is 0.692. The van der Waals surface area contributed by atoms with Crippen LogP contribution in [0.15, 0.2) is 160 Å². The first-order valence-electron chi connectivity index (χ1n) is 11.9. The minimum atomic E-state index is -0.356. The highest BCUT2D eigenvalue weighted by Gasteiger charge is 2.31. The molecule has 0 fully saturated rings. The van der Waals surface area contributed by atoms with Crippen LogP contribution in [0.5, 0.6) is 0 Å². The summed E-state index contributed by atoms with van der Waals surface area (Å²) in [5.41, 5.74) is 6.50. The molecule has 0 atom stereocenters. The van der Waals surface area contributed by atoms with E-state index in [4.69, 9.17) is 0 Å². The summed E-state index contributed by atoms with van der Waals surface area (Å²) < 4.78 is 0. The second kappa shape index (κ2) is 10.7. The molecule has 5 aromatic carbocycles. The number of rotatable bonds is 7. The molecule has 0 radical (unpaired) electrons. The topological polar surface area (TPSA) is 49.4 Å². The molecule has 0 spiro atoms. The van der Waals surface area contributed by atoms with Gasteiger partial charge in [-0.2, -0.15) is 20.5 Å². The third-order valence-electron chi connectivity index (χ3n) is 6.31. The molecule has 0 saturated carbocycles. The van der Waals surface area contributed by atoms with Crippen LogP contribution in [0.3, 0.4) is 0 Å². The van der Waals surface area contributed by atoms with Crippen LogP contribution < -0.4 is 0 Å². The van der Waals surface area contributed by atoms with Gasteiger partial charge in [0.2, 0.25) is 0 Å². The smallest absolute Gasteiger partial charge is 0.0857 e. The van der Waals surface area contributed by atoms with E-state index in [9.17, 15) is 0 Å². The van der Waals surface area contributed by atoms with Crippen molar-refractivity contribution in [2.45, 2.75) is 12.3 Å². The van der Waals surface area contributed by atoms with Crippen molar-refractivity contribution in [1.82, 2.24) is 0 Å². The molecule has 4 nitrogen and oxygen atoms in total. The van der Waals surface area contributed by atoms with E-state index in [1.807, 2.05) is 91.0 Å². The molecule has 0 bridgehead atoms. The van der Waals surface area contributed by atoms with Gasteiger partial charge in [-0.3, -0.25) is 0 Å². The average Bonchev–Trinajstić information content (AvgIpc) is 2.97. The Morgan fingerprint density at radius 3 is 0.972 bits per heavy atom. The van der Waals surface area contributed by atoms with Crippen molar-refractivity contribution in [3.8, 4) is 0 Å². The summed E-state index contributed by atoms with van der Waals surface area (Å²) in [5, 5.41) is 17.5. The van der Waals surface area contributed by atoms with Gasteiger partial charge < -0.3 is 0 Å². The van der Waals surface area contributed by atoms with Gasteiger partial charge in [0.05, 0.1) is 22.7 Å². The van der Waals surface area contributed by atoms with Crippen LogP contribution in [0.2, 0.25) is 0 Å². The van der Waals surface area contributed by atoms with Crippen LogP contribution in [0.25, 0.3) is 0 Å². The molecule has 0 aliphatic rings. The van der Waals surface area contributed by atoms with Gasteiger partial charge >= 0.3 is 0 Å². The second-order valence-corrected chi connectivity index (χ2v) is 8.66. The predicted octanol–water partition coefficient (Wildman–Crippen LogP) is 9.87. The van der Waals surface area contributed by atoms with Crippen LogP contribution in [0, 0.1) is 0 Å². The maximum Gasteiger partial charge on any atom is 0.0857 e. The summed E-state index contributed by atoms with van der Waals surface area (Å²) in [6.07, 6.45) is 0. The molecular formula is C32H26N4. The maximum absolute atomic E-state index is 4.40. The molecule has 0 aliphatic carbocycles. The standard InChI is InChI=1S/C32H26N4/c1-32(25-11-5-2-6-12-25,26-17-21-30(22-18-26)35-33-28-13-7-3-8-14-28)27-19-23-31(24-20-27)36-34-29-15-9-4-10-16-29/h2-24H,1H3. The van der Waals surface area contributed by atoms with E-state index in [0.717, 1.165) is 22.7 Å². The quantitative estimate of drug-likeness (QED) is 0.169. The molecule has 0 unspecified atom stereocenters. The van der Waals surface area contributed by atoms with E-state index < -0.39 is 0 Å². The van der Waals surface area contributed by atoms with E-state index in [0.29, 0.717) is 0 Å². The zero-order valence-corrected chi connectivity index (χ0v) is 20.1. The Balaban J connectivity index is 1.45. The fourth-order valence-electron chi connectivity index (χ4n) is 4.21. The highest BCUT2D eigenvalue weighted by atomic mass is 15.1. The van der Waals surface area contributed by atoms with Gasteiger partial charge in [-0.05, 0) is 72.1 Å². The van der Waals surface area contributed by atoms with Gasteiger partial charge in [0.15, 0.2) is 0 Å². The van der Waals surface area contributed by atoms with Crippen molar-refractivity contribution < 1.29 is 0 Å². The third kappa shape index (κ3) is 5.18. The van der Waals surface area contributed by atoms with Crippen LogP contribution >= 0.6 is 0 Å². The molecule has 5 rings (SSSR count). The highest BCUT2D eigenvalue weighted by Crippen LogP contribution is 2.40. The molecule has 0 aromatic heterocycles. The van der Waals surface area contributed by atoms with Crippen molar-refractivity contribution in [2.75, 3.05) is 0 Å². The summed E-state index contributed by atoms with van der Waals surface area (Å²) in [4.78, 5) is 0. The fraction of sp³-hybridized carbons (Fsp3) is 0.0625. The molecule has 0 N–H and O–H groups in total. The number of nitrogens with zero attached hydrogens (tertiary/aromatic N) is 4. The first-order valence-corrected chi connectivity index (χ1v) is 11.9. The Kier molecular flexibility index (Phi) is 6.86. The van der Waals surface area contributed by atoms with Gasteiger partial charge in [0.25, 0.3) is 0 Å². The lowest BCUT2D eigenvalue weighted by Gasteiger charge is -2.32. The predicted molar refractivity (Wildman–Crippen MR) is 146 cm³/mol. The zero-order valence-electron chi connectivity index (χ0n) is 20.1. The second-order valence-electron chi connectivity index (χ2n) is 8.66. The number of hydrogen-bond acceptors (Lipinski definition) is 4. The van der Waals surface area contributed by atoms with Crippen molar-refractivity contribution in [3.63, 3.8) is 0 Å². The largest absolute Gasteiger partial charge is 0.151 e. The number of benzene rings is 5. The van der Waals surface area contributed by atoms with E-state index in [2.05, 4.69) is 75.9 Å². The van der Waals surface area contributed by atoms with Crippen molar-refractivity contribution in [2.24, 2.45) is 20.5 Å². The average molecular weight is 467 g/mol. The van der Waals surface area contributed by atoms with E-state index in [-0.39, 0.29) is 5.41 Å². The number of hydrogen-bond donors (Lipinski definition) is 0. The summed E-state index contributed by atoms with van der Waals surface area (Å²) in [5.74, 6) is 0. The van der Waals surface area contributed by atoms with E-state index in [1.165, 1.54) is 16.7 Å². The van der Waals surface area contributed by atoms with Crippen molar-refractivity contribution >= 4 is 22.7 Å². The normalized spacial score (nSPS) is 13.1. The van der Waals surface area contributed by atoms with Crippen LogP contribution in [-0.2, 0) is 5.41 Å². The summed E-state index contributed by atoms with van der Waals surface area (Å²) in [7, 11) is 0. The number of azo groups is 2. The Hall–Kier alpha value is -4.70. The first kappa shape index (κ1) is 23.1. The molecule has 4 heteroatoms. The van der Waals surface area contributed by atoms with E-state index in [1.54, 1.807) is 0 Å². The Labute approximate surface area is 211 Å². The summed E-state index contributed by atoms with van der Waals surface area (Å²) in [6.45, 7) is 2.25. The van der Waals surface area contributed by atoms with Gasteiger partial charge in [0, 0.05) is 5.41 Å². The van der Waals surface area contributed by atoms with Crippen molar-refractivity contribution in [3.05, 3.63) is 156 Å². The zero-order chi connectivity index (χ0) is 24.6. The molecular weight excluding hydrogens is 440 g/mol. The minimum absolute atomic E-state index is 0.356. The molecule has 174 valence electrons. The first-order chi connectivity index (χ1) is 17.7. The van der Waals surface area contributed by atoms with Crippen LogP contribution in [0.4, 0.5) is 22.7 Å². The molecule has 0 amide bonds. The lowest BCUT2D eigenvalue weighted by atomic mass is 9.71. The van der Waals surface area contributed by atoms with Gasteiger partial charge in [-0.15, -0.1) is 0 Å². The van der Waals surface area contributed by atoms with Gasteiger partial charge in [0.1, 0.15) is 0 Å². The highest BCUT2D eigenvalue weighted by molar-refractivity contribution is 5.54. The van der Waals surface area contributed by atoms with Gasteiger partial charge in [-0.25, -0.2) is 0 Å². The van der Waals surface area contributed by atoms with E-state index >= 15 is 0 Å². The molecule has 0 saturated heterocycles. The Bertz CT molecular complexity index is 1350. The summed E-state index contributed by atoms with van der Waals surface area (Å²) in [6, 6.07) is 46.7. The SMILES string of the molecule is CC(c1ccccc1)(c1ccc(N=Nc2ccccc2)cc1)c1ccc(N=Nc2ccccc2)cc1. The molecule has 0 aliphatic heterocycles. The summed E-state index contributed by atoms with van der Waals surface area (Å²) >= 11 is 0. The Morgan fingerprint density at radius 2 is 0.611 bits per heavy atom. The van der Waals surface area contributed by atoms with Crippen LogP contribution in [-0.4, -0.2) is 0 Å².